The van der Waals surface area contributed by atoms with E-state index in [2.05, 4.69) is 33.2 Å². The molecule has 0 atom stereocenters. The van der Waals surface area contributed by atoms with Gasteiger partial charge in [-0.3, -0.25) is 14.5 Å². The number of nitrogens with one attached hydrogen (secondary N) is 1. The van der Waals surface area contributed by atoms with E-state index < -0.39 is 0 Å². The van der Waals surface area contributed by atoms with Crippen LogP contribution >= 0.6 is 0 Å². The first-order chi connectivity index (χ1) is 20.5. The molecule has 1 amide bonds. The molecule has 0 aliphatic carbocycles. The maximum absolute atomic E-state index is 13.5. The maximum atomic E-state index is 13.5. The highest BCUT2D eigenvalue weighted by molar-refractivity contribution is 5.96. The highest BCUT2D eigenvalue weighted by Crippen LogP contribution is 2.33. The van der Waals surface area contributed by atoms with Gasteiger partial charge >= 0.3 is 0 Å². The molecule has 4 aromatic rings. The molecule has 7 rings (SSSR count). The number of fused-ring (bicyclic) bond motifs is 5. The minimum atomic E-state index is -0.269. The second kappa shape index (κ2) is 10.5. The van der Waals surface area contributed by atoms with E-state index in [0.717, 1.165) is 37.6 Å². The van der Waals surface area contributed by atoms with Crippen molar-refractivity contribution in [2.75, 3.05) is 68.6 Å². The van der Waals surface area contributed by atoms with Crippen molar-refractivity contribution >= 4 is 46.3 Å². The largest absolute Gasteiger partial charge is 0.497 e. The van der Waals surface area contributed by atoms with E-state index >= 15 is 0 Å². The molecule has 3 aliphatic heterocycles. The number of piperazine rings is 1. The summed E-state index contributed by atoms with van der Waals surface area (Å²) in [6.07, 6.45) is 6.56. The number of ether oxygens (including phenoxy) is 2. The number of carbonyl (C=O) groups excluding carboxylic acids is 1. The third-order valence-electron chi connectivity index (χ3n) is 7.82. The zero-order valence-corrected chi connectivity index (χ0v) is 23.5. The average Bonchev–Trinajstić information content (AvgIpc) is 3.26. The summed E-state index contributed by atoms with van der Waals surface area (Å²) >= 11 is 0. The van der Waals surface area contributed by atoms with E-state index in [0.29, 0.717) is 59.5 Å². The van der Waals surface area contributed by atoms with Gasteiger partial charge in [0, 0.05) is 68.6 Å². The zero-order valence-electron chi connectivity index (χ0n) is 23.5. The van der Waals surface area contributed by atoms with Crippen LogP contribution in [0.25, 0.3) is 23.1 Å². The monoisotopic (exact) mass is 569 g/mol. The minimum absolute atomic E-state index is 0.0237. The van der Waals surface area contributed by atoms with Crippen molar-refractivity contribution in [1.29, 1.82) is 0 Å². The summed E-state index contributed by atoms with van der Waals surface area (Å²) in [5.41, 5.74) is 1.92. The fourth-order valence-electron chi connectivity index (χ4n) is 5.52. The van der Waals surface area contributed by atoms with E-state index in [1.165, 1.54) is 10.9 Å². The number of amides is 1. The SMILES string of the molecule is COc1cc(Nc2ncc3c(=O)n4n(c3n2)-c2ccc3c(n2)N(CCC/C=C\4)C(=O)CO3)cc(N2CCN(C)CC2)c1. The van der Waals surface area contributed by atoms with Gasteiger partial charge in [0.15, 0.2) is 29.6 Å². The molecule has 3 aromatic heterocycles. The number of allylic oxidation sites excluding steroid dienone is 1. The molecule has 42 heavy (non-hydrogen) atoms. The number of pyridine rings is 1. The number of rotatable bonds is 4. The molecule has 0 saturated carbocycles. The van der Waals surface area contributed by atoms with Crippen molar-refractivity contribution < 1.29 is 14.3 Å². The van der Waals surface area contributed by atoms with Crippen LogP contribution in [-0.2, 0) is 4.79 Å². The summed E-state index contributed by atoms with van der Waals surface area (Å²) in [7, 11) is 3.77. The van der Waals surface area contributed by atoms with Gasteiger partial charge in [-0.2, -0.15) is 4.98 Å². The van der Waals surface area contributed by atoms with E-state index in [1.807, 2.05) is 18.2 Å². The lowest BCUT2D eigenvalue weighted by Crippen LogP contribution is -2.44. The van der Waals surface area contributed by atoms with Crippen molar-refractivity contribution in [1.82, 2.24) is 29.2 Å². The maximum Gasteiger partial charge on any atom is 0.282 e. The van der Waals surface area contributed by atoms with Crippen molar-refractivity contribution in [3.63, 3.8) is 0 Å². The van der Waals surface area contributed by atoms with Crippen LogP contribution in [0.3, 0.4) is 0 Å². The van der Waals surface area contributed by atoms with E-state index in [4.69, 9.17) is 19.4 Å². The van der Waals surface area contributed by atoms with Gasteiger partial charge in [0.1, 0.15) is 11.1 Å². The van der Waals surface area contributed by atoms with E-state index in [-0.39, 0.29) is 18.1 Å². The number of hydrogen-bond donors (Lipinski definition) is 1. The fraction of sp³-hybridized carbons (Fsp3) is 0.345. The van der Waals surface area contributed by atoms with Crippen LogP contribution in [0.4, 0.5) is 23.1 Å². The number of hydrogen-bond acceptors (Lipinski definition) is 10. The standard InChI is InChI=1S/C29H31N9O4/c1-34-10-12-35(13-11-34)20-14-19(15-21(16-20)41-2)31-29-30-17-22-26(33-29)38-24-7-6-23-27(32-24)36(25(39)18-42-23)8-4-3-5-9-37(38)28(22)40/h5-7,9,14-17H,3-4,8,10-13,18H2,1-2H3,(H,30,31,33)/b9-5-. The Balaban J connectivity index is 1.31. The Labute approximate surface area is 241 Å². The quantitative estimate of drug-likeness (QED) is 0.392. The Morgan fingerprint density at radius 2 is 1.88 bits per heavy atom. The molecule has 2 bridgehead atoms. The van der Waals surface area contributed by atoms with E-state index in [9.17, 15) is 9.59 Å². The first kappa shape index (κ1) is 26.0. The van der Waals surface area contributed by atoms with Crippen LogP contribution in [-0.4, -0.2) is 88.6 Å². The number of anilines is 4. The summed E-state index contributed by atoms with van der Waals surface area (Å²) in [4.78, 5) is 46.5. The summed E-state index contributed by atoms with van der Waals surface area (Å²) < 4.78 is 14.4. The topological polar surface area (TPSA) is 123 Å². The van der Waals surface area contributed by atoms with Crippen LogP contribution in [0.2, 0.25) is 0 Å². The molecule has 216 valence electrons. The first-order valence-corrected chi connectivity index (χ1v) is 14.0. The van der Waals surface area contributed by atoms with Gasteiger partial charge in [0.25, 0.3) is 11.5 Å². The zero-order chi connectivity index (χ0) is 28.8. The predicted molar refractivity (Wildman–Crippen MR) is 159 cm³/mol. The highest BCUT2D eigenvalue weighted by atomic mass is 16.5. The van der Waals surface area contributed by atoms with Gasteiger partial charge in [-0.05, 0) is 38.1 Å². The average molecular weight is 570 g/mol. The molecular weight excluding hydrogens is 538 g/mol. The summed E-state index contributed by atoms with van der Waals surface area (Å²) in [6.45, 7) is 4.29. The van der Waals surface area contributed by atoms with Gasteiger partial charge < -0.3 is 24.6 Å². The van der Waals surface area contributed by atoms with Gasteiger partial charge in [-0.1, -0.05) is 6.08 Å². The van der Waals surface area contributed by atoms with Gasteiger partial charge in [-0.15, -0.1) is 0 Å². The lowest BCUT2D eigenvalue weighted by Gasteiger charge is -2.34. The Kier molecular flexibility index (Phi) is 6.50. The summed E-state index contributed by atoms with van der Waals surface area (Å²) in [5.74, 6) is 2.28. The Bertz CT molecular complexity index is 1770. The van der Waals surface area contributed by atoms with Gasteiger partial charge in [0.05, 0.1) is 7.11 Å². The number of likely N-dealkylation sites (N-methyl/N-ethyl adjacent to an activating group) is 1. The van der Waals surface area contributed by atoms with Crippen molar-refractivity contribution in [3.8, 4) is 17.3 Å². The molecule has 1 aromatic carbocycles. The predicted octanol–water partition coefficient (Wildman–Crippen LogP) is 2.47. The number of aromatic nitrogens is 5. The third-order valence-corrected chi connectivity index (χ3v) is 7.82. The molecule has 0 spiro atoms. The number of methoxy groups -OCH3 is 1. The number of carbonyl (C=O) groups is 1. The molecule has 6 heterocycles. The molecule has 13 heteroatoms. The molecular formula is C29H31N9O4. The van der Waals surface area contributed by atoms with Crippen LogP contribution < -0.4 is 30.1 Å². The second-order valence-corrected chi connectivity index (χ2v) is 10.6. The molecule has 1 N–H and O–H groups in total. The normalized spacial score (nSPS) is 17.8. The molecule has 13 nitrogen and oxygen atoms in total. The van der Waals surface area contributed by atoms with Crippen LogP contribution in [0.15, 0.2) is 47.4 Å². The van der Waals surface area contributed by atoms with Gasteiger partial charge in [-0.25, -0.2) is 19.3 Å². The lowest BCUT2D eigenvalue weighted by molar-refractivity contribution is -0.121. The molecule has 0 unspecified atom stereocenters. The summed E-state index contributed by atoms with van der Waals surface area (Å²) in [5, 5.41) is 3.65. The smallest absolute Gasteiger partial charge is 0.282 e. The Morgan fingerprint density at radius 1 is 1.02 bits per heavy atom. The molecule has 3 aliphatic rings. The molecule has 1 fully saturated rings. The van der Waals surface area contributed by atoms with Crippen LogP contribution in [0.1, 0.15) is 12.8 Å². The fourth-order valence-corrected chi connectivity index (χ4v) is 5.52. The van der Waals surface area contributed by atoms with Crippen LogP contribution in [0, 0.1) is 0 Å². The molecule has 0 radical (unpaired) electrons. The van der Waals surface area contributed by atoms with Gasteiger partial charge in [0.2, 0.25) is 5.95 Å². The van der Waals surface area contributed by atoms with E-state index in [1.54, 1.807) is 35.0 Å². The van der Waals surface area contributed by atoms with Crippen LogP contribution in [0.5, 0.6) is 11.5 Å². The molecule has 1 saturated heterocycles. The Hall–Kier alpha value is -4.91. The van der Waals surface area contributed by atoms with Crippen molar-refractivity contribution in [2.24, 2.45) is 0 Å². The number of benzene rings is 1. The Morgan fingerprint density at radius 3 is 2.71 bits per heavy atom. The summed E-state index contributed by atoms with van der Waals surface area (Å²) in [6, 6.07) is 9.49. The van der Waals surface area contributed by atoms with Crippen molar-refractivity contribution in [3.05, 3.63) is 53.0 Å². The first-order valence-electron chi connectivity index (χ1n) is 14.0. The number of nitrogens with zero attached hydrogens (tertiary/aromatic N) is 8. The minimum Gasteiger partial charge on any atom is -0.497 e. The third kappa shape index (κ3) is 4.61. The van der Waals surface area contributed by atoms with Crippen molar-refractivity contribution in [2.45, 2.75) is 12.8 Å². The lowest BCUT2D eigenvalue weighted by atomic mass is 10.2. The highest BCUT2D eigenvalue weighted by Gasteiger charge is 2.28. The second-order valence-electron chi connectivity index (χ2n) is 10.6.